The van der Waals surface area contributed by atoms with Crippen LogP contribution in [0.2, 0.25) is 0 Å². The molecule has 0 aliphatic carbocycles. The number of para-hydroxylation sites is 1. The first kappa shape index (κ1) is 14.9. The van der Waals surface area contributed by atoms with E-state index in [-0.39, 0.29) is 13.2 Å². The van der Waals surface area contributed by atoms with Crippen LogP contribution in [-0.4, -0.2) is 31.6 Å². The van der Waals surface area contributed by atoms with Crippen LogP contribution in [0.3, 0.4) is 0 Å². The van der Waals surface area contributed by atoms with Crippen molar-refractivity contribution in [1.82, 2.24) is 0 Å². The summed E-state index contributed by atoms with van der Waals surface area (Å²) in [5.41, 5.74) is 4.74. The Bertz CT molecular complexity index is 585. The minimum absolute atomic E-state index is 0.0344. The lowest BCUT2D eigenvalue weighted by atomic mass is 10.2. The molecule has 5 heteroatoms. The SMILES string of the molecule is COc1cc(C=NNc2ccccc2)ccc1OCCO. The molecule has 0 saturated heterocycles. The maximum atomic E-state index is 8.77. The number of ether oxygens (including phenoxy) is 2. The zero-order valence-electron chi connectivity index (χ0n) is 11.8. The van der Waals surface area contributed by atoms with Crippen LogP contribution in [0, 0.1) is 0 Å². The van der Waals surface area contributed by atoms with E-state index in [0.29, 0.717) is 11.5 Å². The van der Waals surface area contributed by atoms with Crippen molar-refractivity contribution in [2.75, 3.05) is 25.7 Å². The first-order chi connectivity index (χ1) is 10.3. The monoisotopic (exact) mass is 286 g/mol. The predicted molar refractivity (Wildman–Crippen MR) is 83.2 cm³/mol. The number of rotatable bonds is 7. The summed E-state index contributed by atoms with van der Waals surface area (Å²) >= 11 is 0. The molecule has 0 fully saturated rings. The predicted octanol–water partition coefficient (Wildman–Crippen LogP) is 2.51. The average Bonchev–Trinajstić information content (AvgIpc) is 2.54. The Balaban J connectivity index is 2.03. The Labute approximate surface area is 123 Å². The summed E-state index contributed by atoms with van der Waals surface area (Å²) in [6.45, 7) is 0.201. The second kappa shape index (κ2) is 7.91. The van der Waals surface area contributed by atoms with Crippen molar-refractivity contribution >= 4 is 11.9 Å². The summed E-state index contributed by atoms with van der Waals surface area (Å²) in [5.74, 6) is 1.20. The van der Waals surface area contributed by atoms with Gasteiger partial charge in [-0.3, -0.25) is 5.43 Å². The maximum Gasteiger partial charge on any atom is 0.161 e. The van der Waals surface area contributed by atoms with Crippen molar-refractivity contribution in [3.8, 4) is 11.5 Å². The van der Waals surface area contributed by atoms with Crippen LogP contribution in [0.15, 0.2) is 53.6 Å². The second-order valence-corrected chi connectivity index (χ2v) is 4.22. The van der Waals surface area contributed by atoms with E-state index >= 15 is 0 Å². The molecule has 0 spiro atoms. The van der Waals surface area contributed by atoms with Crippen LogP contribution in [-0.2, 0) is 0 Å². The largest absolute Gasteiger partial charge is 0.493 e. The average molecular weight is 286 g/mol. The van der Waals surface area contributed by atoms with Gasteiger partial charge in [-0.25, -0.2) is 0 Å². The fourth-order valence-electron chi connectivity index (χ4n) is 1.73. The topological polar surface area (TPSA) is 63.1 Å². The van der Waals surface area contributed by atoms with E-state index in [2.05, 4.69) is 10.5 Å². The summed E-state index contributed by atoms with van der Waals surface area (Å²) in [6.07, 6.45) is 1.70. The first-order valence-electron chi connectivity index (χ1n) is 6.59. The summed E-state index contributed by atoms with van der Waals surface area (Å²) in [5, 5.41) is 12.9. The number of hydrogen-bond acceptors (Lipinski definition) is 5. The number of nitrogens with zero attached hydrogens (tertiary/aromatic N) is 1. The summed E-state index contributed by atoms with van der Waals surface area (Å²) in [4.78, 5) is 0. The van der Waals surface area contributed by atoms with Crippen LogP contribution in [0.4, 0.5) is 5.69 Å². The Morgan fingerprint density at radius 2 is 1.95 bits per heavy atom. The van der Waals surface area contributed by atoms with Gasteiger partial charge in [-0.2, -0.15) is 5.10 Å². The Morgan fingerprint density at radius 3 is 2.67 bits per heavy atom. The number of methoxy groups -OCH3 is 1. The summed E-state index contributed by atoms with van der Waals surface area (Å²) in [7, 11) is 1.57. The molecule has 110 valence electrons. The zero-order chi connectivity index (χ0) is 14.9. The summed E-state index contributed by atoms with van der Waals surface area (Å²) < 4.78 is 10.6. The second-order valence-electron chi connectivity index (χ2n) is 4.22. The molecule has 2 aromatic rings. The molecule has 0 atom stereocenters. The van der Waals surface area contributed by atoms with Crippen LogP contribution in [0.1, 0.15) is 5.56 Å². The van der Waals surface area contributed by atoms with Crippen molar-refractivity contribution in [3.05, 3.63) is 54.1 Å². The number of hydrogen-bond donors (Lipinski definition) is 2. The Morgan fingerprint density at radius 1 is 1.14 bits per heavy atom. The molecule has 2 N–H and O–H groups in total. The molecule has 0 radical (unpaired) electrons. The van der Waals surface area contributed by atoms with E-state index in [1.54, 1.807) is 19.4 Å². The van der Waals surface area contributed by atoms with Gasteiger partial charge < -0.3 is 14.6 Å². The van der Waals surface area contributed by atoms with E-state index in [1.807, 2.05) is 42.5 Å². The molecular formula is C16H18N2O3. The normalized spacial score (nSPS) is 10.6. The molecule has 21 heavy (non-hydrogen) atoms. The minimum Gasteiger partial charge on any atom is -0.493 e. The summed E-state index contributed by atoms with van der Waals surface area (Å²) in [6, 6.07) is 15.2. The van der Waals surface area contributed by atoms with Gasteiger partial charge in [0.1, 0.15) is 6.61 Å². The molecule has 0 aromatic heterocycles. The van der Waals surface area contributed by atoms with Gasteiger partial charge in [-0.15, -0.1) is 0 Å². The van der Waals surface area contributed by atoms with Crippen molar-refractivity contribution in [2.24, 2.45) is 5.10 Å². The van der Waals surface area contributed by atoms with Gasteiger partial charge >= 0.3 is 0 Å². The van der Waals surface area contributed by atoms with Gasteiger partial charge in [-0.1, -0.05) is 18.2 Å². The molecule has 0 saturated carbocycles. The highest BCUT2D eigenvalue weighted by Gasteiger charge is 2.04. The molecule has 0 heterocycles. The van der Waals surface area contributed by atoms with Crippen molar-refractivity contribution < 1.29 is 14.6 Å². The smallest absolute Gasteiger partial charge is 0.161 e. The highest BCUT2D eigenvalue weighted by molar-refractivity contribution is 5.81. The molecule has 0 unspecified atom stereocenters. The van der Waals surface area contributed by atoms with Gasteiger partial charge in [0.2, 0.25) is 0 Å². The van der Waals surface area contributed by atoms with Crippen LogP contribution in [0.25, 0.3) is 0 Å². The quantitative estimate of drug-likeness (QED) is 0.606. The number of benzene rings is 2. The minimum atomic E-state index is -0.0344. The van der Waals surface area contributed by atoms with Crippen LogP contribution in [0.5, 0.6) is 11.5 Å². The lowest BCUT2D eigenvalue weighted by molar-refractivity contribution is 0.196. The molecule has 0 aliphatic heterocycles. The maximum absolute atomic E-state index is 8.77. The molecule has 0 aliphatic rings. The lowest BCUT2D eigenvalue weighted by Crippen LogP contribution is -2.03. The molecule has 2 aromatic carbocycles. The molecule has 0 amide bonds. The number of anilines is 1. The third-order valence-corrected chi connectivity index (χ3v) is 2.72. The van der Waals surface area contributed by atoms with E-state index in [4.69, 9.17) is 14.6 Å². The molecule has 0 bridgehead atoms. The van der Waals surface area contributed by atoms with Gasteiger partial charge in [0.15, 0.2) is 11.5 Å². The van der Waals surface area contributed by atoms with Crippen molar-refractivity contribution in [2.45, 2.75) is 0 Å². The molecule has 2 rings (SSSR count). The fourth-order valence-corrected chi connectivity index (χ4v) is 1.73. The standard InChI is InChI=1S/C16H18N2O3/c1-20-16-11-13(7-8-15(16)21-10-9-19)12-17-18-14-5-3-2-4-6-14/h2-8,11-12,18-19H,9-10H2,1H3. The number of aliphatic hydroxyl groups is 1. The van der Waals surface area contributed by atoms with Crippen molar-refractivity contribution in [1.29, 1.82) is 0 Å². The Kier molecular flexibility index (Phi) is 5.60. The zero-order valence-corrected chi connectivity index (χ0v) is 11.8. The molecular weight excluding hydrogens is 268 g/mol. The number of aliphatic hydroxyl groups excluding tert-OH is 1. The van der Waals surface area contributed by atoms with Gasteiger partial charge in [0.25, 0.3) is 0 Å². The number of nitrogens with one attached hydrogen (secondary N) is 1. The highest BCUT2D eigenvalue weighted by atomic mass is 16.5. The van der Waals surface area contributed by atoms with E-state index < -0.39 is 0 Å². The van der Waals surface area contributed by atoms with Gasteiger partial charge in [0.05, 0.1) is 25.6 Å². The highest BCUT2D eigenvalue weighted by Crippen LogP contribution is 2.27. The van der Waals surface area contributed by atoms with Crippen LogP contribution < -0.4 is 14.9 Å². The van der Waals surface area contributed by atoms with Gasteiger partial charge in [0, 0.05) is 0 Å². The third-order valence-electron chi connectivity index (χ3n) is 2.72. The Hall–Kier alpha value is -2.53. The lowest BCUT2D eigenvalue weighted by Gasteiger charge is -2.10. The molecule has 5 nitrogen and oxygen atoms in total. The third kappa shape index (κ3) is 4.50. The first-order valence-corrected chi connectivity index (χ1v) is 6.59. The van der Waals surface area contributed by atoms with Crippen LogP contribution >= 0.6 is 0 Å². The van der Waals surface area contributed by atoms with E-state index in [1.165, 1.54) is 0 Å². The van der Waals surface area contributed by atoms with E-state index in [9.17, 15) is 0 Å². The van der Waals surface area contributed by atoms with Gasteiger partial charge in [-0.05, 0) is 35.9 Å². The fraction of sp³-hybridized carbons (Fsp3) is 0.188. The van der Waals surface area contributed by atoms with Crippen molar-refractivity contribution in [3.63, 3.8) is 0 Å². The van der Waals surface area contributed by atoms with E-state index in [0.717, 1.165) is 11.3 Å². The number of hydrazone groups is 1.